The topological polar surface area (TPSA) is 93.5 Å². The molecule has 3 N–H and O–H groups in total. The first-order chi connectivity index (χ1) is 8.66. The van der Waals surface area contributed by atoms with E-state index in [1.807, 2.05) is 0 Å². The van der Waals surface area contributed by atoms with E-state index in [-0.39, 0.29) is 5.56 Å². The number of carboxylic acids is 1. The molecule has 3 rings (SSSR count). The minimum atomic E-state index is -0.968. The Morgan fingerprint density at radius 1 is 1.50 bits per heavy atom. The molecular formula is C11H10N4O2S. The number of thioether (sulfide) groups is 1. The second-order valence-electron chi connectivity index (χ2n) is 3.83. The summed E-state index contributed by atoms with van der Waals surface area (Å²) in [7, 11) is 0. The minimum Gasteiger partial charge on any atom is -0.478 e. The normalized spacial score (nSPS) is 15.0. The van der Waals surface area contributed by atoms with Crippen LogP contribution >= 0.6 is 11.8 Å². The predicted molar refractivity (Wildman–Crippen MR) is 71.3 cm³/mol. The Balaban J connectivity index is 2.25. The quantitative estimate of drug-likeness (QED) is 0.807. The van der Waals surface area contributed by atoms with Crippen molar-refractivity contribution >= 4 is 39.9 Å². The number of carboxylic acid groups (broad SMARTS) is 1. The Kier molecular flexibility index (Phi) is 2.48. The fourth-order valence-electron chi connectivity index (χ4n) is 1.89. The summed E-state index contributed by atoms with van der Waals surface area (Å²) >= 11 is 1.59. The van der Waals surface area contributed by atoms with E-state index in [9.17, 15) is 4.79 Å². The monoisotopic (exact) mass is 262 g/mol. The van der Waals surface area contributed by atoms with Crippen LogP contribution in [-0.4, -0.2) is 38.1 Å². The van der Waals surface area contributed by atoms with Gasteiger partial charge in [-0.2, -0.15) is 0 Å². The zero-order valence-electron chi connectivity index (χ0n) is 9.33. The molecular weight excluding hydrogens is 252 g/mol. The van der Waals surface area contributed by atoms with Crippen molar-refractivity contribution in [3.63, 3.8) is 0 Å². The number of carbonyl (C=O) groups is 1. The van der Waals surface area contributed by atoms with Gasteiger partial charge in [0.15, 0.2) is 5.17 Å². The Labute approximate surface area is 107 Å². The number of imidazole rings is 1. The highest BCUT2D eigenvalue weighted by Crippen LogP contribution is 2.24. The van der Waals surface area contributed by atoms with Crippen LogP contribution in [0.2, 0.25) is 0 Å². The number of nitrogens with zero attached hydrogens (tertiary/aromatic N) is 3. The molecule has 0 unspecified atom stereocenters. The van der Waals surface area contributed by atoms with Crippen molar-refractivity contribution in [3.05, 3.63) is 23.8 Å². The lowest BCUT2D eigenvalue weighted by Gasteiger charge is -2.04. The van der Waals surface area contributed by atoms with Gasteiger partial charge in [-0.25, -0.2) is 9.78 Å². The minimum absolute atomic E-state index is 0.215. The summed E-state index contributed by atoms with van der Waals surface area (Å²) in [5.74, 6) is 0.275. The van der Waals surface area contributed by atoms with Crippen molar-refractivity contribution in [2.45, 2.75) is 0 Å². The van der Waals surface area contributed by atoms with Crippen molar-refractivity contribution in [3.8, 4) is 0 Å². The number of aromatic carboxylic acids is 1. The SMILES string of the molecule is Nc1nc2ccc(C(=O)O)cc2n1C1=NCCS1. The first-order valence-electron chi connectivity index (χ1n) is 5.36. The number of hydrogen-bond donors (Lipinski definition) is 2. The second kappa shape index (κ2) is 4.02. The van der Waals surface area contributed by atoms with Crippen LogP contribution in [0.3, 0.4) is 0 Å². The molecule has 1 aliphatic rings. The molecule has 0 amide bonds. The summed E-state index contributed by atoms with van der Waals surface area (Å²) in [5, 5.41) is 9.79. The molecule has 6 nitrogen and oxygen atoms in total. The summed E-state index contributed by atoms with van der Waals surface area (Å²) in [4.78, 5) is 19.5. The highest BCUT2D eigenvalue weighted by molar-refractivity contribution is 8.14. The summed E-state index contributed by atoms with van der Waals surface area (Å²) in [5.41, 5.74) is 7.44. The van der Waals surface area contributed by atoms with Gasteiger partial charge in [-0.1, -0.05) is 11.8 Å². The lowest BCUT2D eigenvalue weighted by atomic mass is 10.2. The lowest BCUT2D eigenvalue weighted by Crippen LogP contribution is -2.09. The van der Waals surface area contributed by atoms with Crippen LogP contribution in [0.5, 0.6) is 0 Å². The van der Waals surface area contributed by atoms with Crippen LogP contribution in [0.15, 0.2) is 23.2 Å². The van der Waals surface area contributed by atoms with Gasteiger partial charge in [0.05, 0.1) is 23.1 Å². The van der Waals surface area contributed by atoms with Gasteiger partial charge in [-0.3, -0.25) is 9.56 Å². The van der Waals surface area contributed by atoms with E-state index in [0.29, 0.717) is 17.0 Å². The van der Waals surface area contributed by atoms with Gasteiger partial charge in [0.25, 0.3) is 0 Å². The van der Waals surface area contributed by atoms with Gasteiger partial charge >= 0.3 is 5.97 Å². The van der Waals surface area contributed by atoms with Gasteiger partial charge in [0, 0.05) is 5.75 Å². The number of nitrogen functional groups attached to an aromatic ring is 1. The fraction of sp³-hybridized carbons (Fsp3) is 0.182. The van der Waals surface area contributed by atoms with Gasteiger partial charge in [-0.05, 0) is 18.2 Å². The Morgan fingerprint density at radius 2 is 2.33 bits per heavy atom. The van der Waals surface area contributed by atoms with Crippen LogP contribution in [0, 0.1) is 0 Å². The average Bonchev–Trinajstić information content (AvgIpc) is 2.93. The zero-order chi connectivity index (χ0) is 12.7. The van der Waals surface area contributed by atoms with Gasteiger partial charge in [-0.15, -0.1) is 0 Å². The maximum atomic E-state index is 11.0. The molecule has 0 bridgehead atoms. The van der Waals surface area contributed by atoms with E-state index in [4.69, 9.17) is 10.8 Å². The molecule has 7 heteroatoms. The third-order valence-corrected chi connectivity index (χ3v) is 3.64. The second-order valence-corrected chi connectivity index (χ2v) is 4.89. The van der Waals surface area contributed by atoms with Gasteiger partial charge in [0.1, 0.15) is 0 Å². The van der Waals surface area contributed by atoms with E-state index in [1.165, 1.54) is 6.07 Å². The number of rotatable bonds is 1. The van der Waals surface area contributed by atoms with Gasteiger partial charge in [0.2, 0.25) is 5.95 Å². The molecule has 2 aromatic rings. The van der Waals surface area contributed by atoms with E-state index in [0.717, 1.165) is 17.5 Å². The molecule has 1 aliphatic heterocycles. The summed E-state index contributed by atoms with van der Waals surface area (Å²) in [6, 6.07) is 4.75. The highest BCUT2D eigenvalue weighted by Gasteiger charge is 2.17. The first kappa shape index (κ1) is 11.1. The Bertz CT molecular complexity index is 677. The van der Waals surface area contributed by atoms with E-state index in [2.05, 4.69) is 9.98 Å². The Morgan fingerprint density at radius 3 is 3.00 bits per heavy atom. The van der Waals surface area contributed by atoms with E-state index in [1.54, 1.807) is 28.5 Å². The third-order valence-electron chi connectivity index (χ3n) is 2.69. The summed E-state index contributed by atoms with van der Waals surface area (Å²) < 4.78 is 1.71. The molecule has 0 aliphatic carbocycles. The molecule has 2 heterocycles. The molecule has 92 valence electrons. The van der Waals surface area contributed by atoms with Crippen molar-refractivity contribution in [2.75, 3.05) is 18.0 Å². The third kappa shape index (κ3) is 1.63. The van der Waals surface area contributed by atoms with Gasteiger partial charge < -0.3 is 10.8 Å². The maximum Gasteiger partial charge on any atom is 0.335 e. The standard InChI is InChI=1S/C11H10N4O2S/c12-10-14-7-2-1-6(9(16)17)5-8(7)15(10)11-13-3-4-18-11/h1-2,5H,3-4H2,(H2,12,14)(H,16,17). The number of anilines is 1. The van der Waals surface area contributed by atoms with Crippen LogP contribution in [0.25, 0.3) is 11.0 Å². The molecule has 0 saturated carbocycles. The first-order valence-corrected chi connectivity index (χ1v) is 6.34. The van der Waals surface area contributed by atoms with E-state index >= 15 is 0 Å². The number of aliphatic imine (C=N–C) groups is 1. The summed E-state index contributed by atoms with van der Waals surface area (Å²) in [6.45, 7) is 0.748. The van der Waals surface area contributed by atoms with Crippen LogP contribution in [0.4, 0.5) is 5.95 Å². The molecule has 0 fully saturated rings. The smallest absolute Gasteiger partial charge is 0.335 e. The van der Waals surface area contributed by atoms with Crippen molar-refractivity contribution in [2.24, 2.45) is 4.99 Å². The van der Waals surface area contributed by atoms with Crippen molar-refractivity contribution < 1.29 is 9.90 Å². The van der Waals surface area contributed by atoms with Crippen LogP contribution in [-0.2, 0) is 0 Å². The lowest BCUT2D eigenvalue weighted by molar-refractivity contribution is 0.0697. The fourth-order valence-corrected chi connectivity index (χ4v) is 2.76. The predicted octanol–water partition coefficient (Wildman–Crippen LogP) is 1.27. The Hall–Kier alpha value is -2.02. The highest BCUT2D eigenvalue weighted by atomic mass is 32.2. The molecule has 18 heavy (non-hydrogen) atoms. The van der Waals surface area contributed by atoms with E-state index < -0.39 is 5.97 Å². The number of aromatic nitrogens is 2. The average molecular weight is 262 g/mol. The zero-order valence-corrected chi connectivity index (χ0v) is 10.1. The van der Waals surface area contributed by atoms with Crippen molar-refractivity contribution in [1.29, 1.82) is 0 Å². The molecule has 0 radical (unpaired) electrons. The molecule has 1 aromatic heterocycles. The molecule has 0 saturated heterocycles. The molecule has 1 aromatic carbocycles. The van der Waals surface area contributed by atoms with Crippen LogP contribution < -0.4 is 5.73 Å². The van der Waals surface area contributed by atoms with Crippen LogP contribution in [0.1, 0.15) is 10.4 Å². The molecule has 0 atom stereocenters. The maximum absolute atomic E-state index is 11.0. The largest absolute Gasteiger partial charge is 0.478 e. The number of hydrogen-bond acceptors (Lipinski definition) is 5. The molecule has 0 spiro atoms. The summed E-state index contributed by atoms with van der Waals surface area (Å²) in [6.07, 6.45) is 0. The number of benzene rings is 1. The van der Waals surface area contributed by atoms with Crippen molar-refractivity contribution in [1.82, 2.24) is 9.55 Å². The number of nitrogens with two attached hydrogens (primary N) is 1. The number of fused-ring (bicyclic) bond motifs is 1.